The maximum atomic E-state index is 11.2. The Morgan fingerprint density at radius 3 is 2.73 bits per heavy atom. The fraction of sp³-hybridized carbons (Fsp3) is 0.200. The summed E-state index contributed by atoms with van der Waals surface area (Å²) >= 11 is 0. The summed E-state index contributed by atoms with van der Waals surface area (Å²) in [4.78, 5) is 3.04. The third-order valence-electron chi connectivity index (χ3n) is 2.54. The number of fused-ring (bicyclic) bond motifs is 1. The van der Waals surface area contributed by atoms with Crippen LogP contribution in [-0.4, -0.2) is 13.4 Å². The highest BCUT2D eigenvalue weighted by Crippen LogP contribution is 2.23. The molecular weight excluding hydrogens is 212 g/mol. The van der Waals surface area contributed by atoms with E-state index in [9.17, 15) is 8.42 Å². The standard InChI is InChI=1S/C10H12N2O2S/c1-7(15(11,13)14)8-2-3-10-9(6-8)4-5-12-10/h2-7,12H,1H3,(H2,11,13,14). The molecule has 0 aliphatic rings. The molecule has 0 spiro atoms. The molecular formula is C10H12N2O2S. The van der Waals surface area contributed by atoms with Gasteiger partial charge in [0.15, 0.2) is 0 Å². The van der Waals surface area contributed by atoms with Crippen molar-refractivity contribution >= 4 is 20.9 Å². The van der Waals surface area contributed by atoms with Crippen molar-refractivity contribution in [1.82, 2.24) is 4.98 Å². The van der Waals surface area contributed by atoms with E-state index in [4.69, 9.17) is 5.14 Å². The molecule has 0 aliphatic carbocycles. The minimum absolute atomic E-state index is 0.670. The summed E-state index contributed by atoms with van der Waals surface area (Å²) in [5, 5.41) is 5.41. The second-order valence-electron chi connectivity index (χ2n) is 3.56. The predicted molar refractivity (Wildman–Crippen MR) is 59.8 cm³/mol. The molecule has 0 saturated heterocycles. The molecule has 1 unspecified atom stereocenters. The quantitative estimate of drug-likeness (QED) is 0.811. The topological polar surface area (TPSA) is 76.0 Å². The number of primary sulfonamides is 1. The maximum absolute atomic E-state index is 11.2. The van der Waals surface area contributed by atoms with Gasteiger partial charge in [-0.25, -0.2) is 13.6 Å². The van der Waals surface area contributed by atoms with Gasteiger partial charge in [-0.2, -0.15) is 0 Å². The number of rotatable bonds is 2. The number of H-pyrrole nitrogens is 1. The summed E-state index contributed by atoms with van der Waals surface area (Å²) in [6.45, 7) is 1.59. The Balaban J connectivity index is 2.53. The lowest BCUT2D eigenvalue weighted by Crippen LogP contribution is -2.19. The van der Waals surface area contributed by atoms with Crippen molar-refractivity contribution in [2.75, 3.05) is 0 Å². The number of aromatic nitrogens is 1. The van der Waals surface area contributed by atoms with Crippen LogP contribution in [0.25, 0.3) is 10.9 Å². The molecule has 0 fully saturated rings. The van der Waals surface area contributed by atoms with Crippen LogP contribution in [0.1, 0.15) is 17.7 Å². The highest BCUT2D eigenvalue weighted by molar-refractivity contribution is 7.89. The fourth-order valence-electron chi connectivity index (χ4n) is 1.51. The maximum Gasteiger partial charge on any atom is 0.215 e. The van der Waals surface area contributed by atoms with Gasteiger partial charge in [0.1, 0.15) is 0 Å². The normalized spacial score (nSPS) is 14.3. The molecule has 0 saturated carbocycles. The number of hydrogen-bond donors (Lipinski definition) is 2. The third-order valence-corrected chi connectivity index (χ3v) is 3.80. The molecule has 0 aliphatic heterocycles. The second-order valence-corrected chi connectivity index (χ2v) is 5.44. The highest BCUT2D eigenvalue weighted by atomic mass is 32.2. The highest BCUT2D eigenvalue weighted by Gasteiger charge is 2.17. The lowest BCUT2D eigenvalue weighted by Gasteiger charge is -2.08. The van der Waals surface area contributed by atoms with Crippen LogP contribution in [0.4, 0.5) is 0 Å². The Hall–Kier alpha value is -1.33. The van der Waals surface area contributed by atoms with Gasteiger partial charge in [0.05, 0.1) is 5.25 Å². The van der Waals surface area contributed by atoms with E-state index >= 15 is 0 Å². The van der Waals surface area contributed by atoms with Gasteiger partial charge in [-0.15, -0.1) is 0 Å². The van der Waals surface area contributed by atoms with E-state index in [1.54, 1.807) is 13.0 Å². The Labute approximate surface area is 88.2 Å². The molecule has 2 rings (SSSR count). The van der Waals surface area contributed by atoms with Crippen LogP contribution in [0.3, 0.4) is 0 Å². The monoisotopic (exact) mass is 224 g/mol. The molecule has 15 heavy (non-hydrogen) atoms. The van der Waals surface area contributed by atoms with Crippen LogP contribution in [0.15, 0.2) is 30.5 Å². The summed E-state index contributed by atoms with van der Waals surface area (Å²) < 4.78 is 22.4. The second kappa shape index (κ2) is 3.36. The first-order chi connectivity index (χ1) is 6.98. The number of aromatic amines is 1. The van der Waals surface area contributed by atoms with E-state index < -0.39 is 15.3 Å². The van der Waals surface area contributed by atoms with Crippen molar-refractivity contribution in [3.05, 3.63) is 36.0 Å². The first-order valence-electron chi connectivity index (χ1n) is 4.57. The van der Waals surface area contributed by atoms with Crippen LogP contribution in [0.2, 0.25) is 0 Å². The summed E-state index contributed by atoms with van der Waals surface area (Å²) in [6.07, 6.45) is 1.82. The molecule has 2 aromatic rings. The van der Waals surface area contributed by atoms with Crippen LogP contribution in [0.5, 0.6) is 0 Å². The first kappa shape index (κ1) is 10.2. The lowest BCUT2D eigenvalue weighted by atomic mass is 10.1. The van der Waals surface area contributed by atoms with Crippen LogP contribution in [0, 0.1) is 0 Å². The zero-order chi connectivity index (χ0) is 11.1. The molecule has 3 N–H and O–H groups in total. The predicted octanol–water partition coefficient (Wildman–Crippen LogP) is 1.52. The fourth-order valence-corrected chi connectivity index (χ4v) is 2.04. The van der Waals surface area contributed by atoms with Crippen molar-refractivity contribution in [3.8, 4) is 0 Å². The number of sulfonamides is 1. The number of benzene rings is 1. The van der Waals surface area contributed by atoms with E-state index in [1.807, 2.05) is 24.4 Å². The zero-order valence-electron chi connectivity index (χ0n) is 8.27. The third kappa shape index (κ3) is 1.88. The molecule has 1 atom stereocenters. The van der Waals surface area contributed by atoms with Gasteiger partial charge in [-0.05, 0) is 36.1 Å². The summed E-state index contributed by atoms with van der Waals surface area (Å²) in [6, 6.07) is 7.36. The molecule has 4 nitrogen and oxygen atoms in total. The Bertz CT molecular complexity index is 586. The van der Waals surface area contributed by atoms with Gasteiger partial charge in [0.25, 0.3) is 0 Å². The SMILES string of the molecule is CC(c1ccc2[nH]ccc2c1)S(N)(=O)=O. The van der Waals surface area contributed by atoms with E-state index in [1.165, 1.54) is 0 Å². The molecule has 80 valence electrons. The molecule has 1 aromatic carbocycles. The van der Waals surface area contributed by atoms with Crippen molar-refractivity contribution in [1.29, 1.82) is 0 Å². The zero-order valence-corrected chi connectivity index (χ0v) is 9.08. The van der Waals surface area contributed by atoms with Crippen molar-refractivity contribution in [3.63, 3.8) is 0 Å². The average molecular weight is 224 g/mol. The Morgan fingerprint density at radius 2 is 2.07 bits per heavy atom. The number of nitrogens with one attached hydrogen (secondary N) is 1. The van der Waals surface area contributed by atoms with Gasteiger partial charge < -0.3 is 4.98 Å². The Kier molecular flexibility index (Phi) is 2.28. The molecule has 5 heteroatoms. The van der Waals surface area contributed by atoms with Gasteiger partial charge in [0, 0.05) is 11.7 Å². The van der Waals surface area contributed by atoms with E-state index in [0.717, 1.165) is 10.9 Å². The van der Waals surface area contributed by atoms with E-state index in [-0.39, 0.29) is 0 Å². The average Bonchev–Trinajstić information content (AvgIpc) is 2.61. The van der Waals surface area contributed by atoms with Gasteiger partial charge >= 0.3 is 0 Å². The molecule has 1 aromatic heterocycles. The summed E-state index contributed by atoms with van der Waals surface area (Å²) in [5.41, 5.74) is 1.70. The summed E-state index contributed by atoms with van der Waals surface area (Å²) in [7, 11) is -3.52. The van der Waals surface area contributed by atoms with Crippen LogP contribution < -0.4 is 5.14 Å². The van der Waals surface area contributed by atoms with Gasteiger partial charge in [0.2, 0.25) is 10.0 Å². The van der Waals surface area contributed by atoms with E-state index in [2.05, 4.69) is 4.98 Å². The Morgan fingerprint density at radius 1 is 1.33 bits per heavy atom. The van der Waals surface area contributed by atoms with Gasteiger partial charge in [-0.1, -0.05) is 6.07 Å². The molecule has 0 bridgehead atoms. The van der Waals surface area contributed by atoms with Crippen LogP contribution >= 0.6 is 0 Å². The lowest BCUT2D eigenvalue weighted by molar-refractivity contribution is 0.588. The number of nitrogens with two attached hydrogens (primary N) is 1. The molecule has 1 heterocycles. The summed E-state index contributed by atoms with van der Waals surface area (Å²) in [5.74, 6) is 0. The first-order valence-corrected chi connectivity index (χ1v) is 6.18. The van der Waals surface area contributed by atoms with Crippen molar-refractivity contribution in [2.24, 2.45) is 5.14 Å². The van der Waals surface area contributed by atoms with Crippen LogP contribution in [-0.2, 0) is 10.0 Å². The molecule has 0 radical (unpaired) electrons. The van der Waals surface area contributed by atoms with E-state index in [0.29, 0.717) is 5.56 Å². The van der Waals surface area contributed by atoms with Crippen molar-refractivity contribution in [2.45, 2.75) is 12.2 Å². The smallest absolute Gasteiger partial charge is 0.215 e. The minimum Gasteiger partial charge on any atom is -0.361 e. The number of hydrogen-bond acceptors (Lipinski definition) is 2. The minimum atomic E-state index is -3.52. The van der Waals surface area contributed by atoms with Gasteiger partial charge in [-0.3, -0.25) is 0 Å². The largest absolute Gasteiger partial charge is 0.361 e. The molecule has 0 amide bonds. The van der Waals surface area contributed by atoms with Crippen molar-refractivity contribution < 1.29 is 8.42 Å².